The van der Waals surface area contributed by atoms with Crippen LogP contribution in [0.5, 0.6) is 5.75 Å². The lowest BCUT2D eigenvalue weighted by atomic mass is 9.47. The number of aliphatic hydroxyl groups is 1. The summed E-state index contributed by atoms with van der Waals surface area (Å²) in [7, 11) is 1.64. The van der Waals surface area contributed by atoms with E-state index in [0.717, 1.165) is 61.3 Å². The standard InChI is InChI=1S/C29H39N7O2/c1-38-25-6-7-31-14-22(25)16-33-28-32-15-21(13-30)27(36-28)34-17-29-10-18-8-19(11-29)26(20(9-18)12-29)35-23-2-4-24(37)5-3-23/h6-7,14-15,18-20,23-24,26,35,37H,2-5,8-12,16-17H2,1H3,(H2,32,33,34,36)/t18?,19-,20+,23?,24?,26-,29-. The van der Waals surface area contributed by atoms with E-state index in [1.54, 1.807) is 25.7 Å². The highest BCUT2D eigenvalue weighted by Crippen LogP contribution is 2.60. The number of methoxy groups -OCH3 is 1. The molecule has 2 aromatic rings. The zero-order chi connectivity index (χ0) is 26.1. The monoisotopic (exact) mass is 517 g/mol. The molecule has 202 valence electrons. The van der Waals surface area contributed by atoms with Crippen molar-refractivity contribution in [1.82, 2.24) is 20.3 Å². The molecule has 5 aliphatic carbocycles. The molecular weight excluding hydrogens is 478 g/mol. The fourth-order valence-electron chi connectivity index (χ4n) is 8.07. The number of anilines is 2. The van der Waals surface area contributed by atoms with Gasteiger partial charge in [0.1, 0.15) is 23.2 Å². The Bertz CT molecular complexity index is 1160. The van der Waals surface area contributed by atoms with Crippen LogP contribution in [0, 0.1) is 34.5 Å². The first-order chi connectivity index (χ1) is 18.5. The molecule has 0 aliphatic heterocycles. The molecule has 2 aromatic heterocycles. The summed E-state index contributed by atoms with van der Waals surface area (Å²) in [6, 6.07) is 5.27. The normalized spacial score (nSPS) is 33.5. The first-order valence-electron chi connectivity index (χ1n) is 14.2. The quantitative estimate of drug-likeness (QED) is 0.392. The molecule has 7 rings (SSSR count). The Morgan fingerprint density at radius 2 is 1.89 bits per heavy atom. The average molecular weight is 518 g/mol. The summed E-state index contributed by atoms with van der Waals surface area (Å²) in [4.78, 5) is 13.2. The highest BCUT2D eigenvalue weighted by Gasteiger charge is 2.55. The van der Waals surface area contributed by atoms with Crippen molar-refractivity contribution in [2.24, 2.45) is 23.2 Å². The first-order valence-corrected chi connectivity index (χ1v) is 14.2. The van der Waals surface area contributed by atoms with Crippen molar-refractivity contribution in [3.8, 4) is 11.8 Å². The second kappa shape index (κ2) is 10.7. The minimum Gasteiger partial charge on any atom is -0.496 e. The molecule has 9 nitrogen and oxygen atoms in total. The van der Waals surface area contributed by atoms with Crippen molar-refractivity contribution in [2.45, 2.75) is 82.5 Å². The van der Waals surface area contributed by atoms with E-state index < -0.39 is 0 Å². The van der Waals surface area contributed by atoms with Crippen LogP contribution in [0.2, 0.25) is 0 Å². The van der Waals surface area contributed by atoms with Crippen LogP contribution >= 0.6 is 0 Å². The van der Waals surface area contributed by atoms with Crippen LogP contribution in [0.4, 0.5) is 11.8 Å². The average Bonchev–Trinajstić information content (AvgIpc) is 2.93. The molecule has 5 atom stereocenters. The summed E-state index contributed by atoms with van der Waals surface area (Å²) >= 11 is 0. The van der Waals surface area contributed by atoms with Gasteiger partial charge in [-0.3, -0.25) is 4.98 Å². The van der Waals surface area contributed by atoms with Gasteiger partial charge in [0.05, 0.1) is 19.4 Å². The number of hydrogen-bond donors (Lipinski definition) is 4. The third kappa shape index (κ3) is 5.16. The number of rotatable bonds is 9. The Kier molecular flexibility index (Phi) is 7.10. The maximum Gasteiger partial charge on any atom is 0.224 e. The van der Waals surface area contributed by atoms with Crippen molar-refractivity contribution < 1.29 is 9.84 Å². The number of hydrogen-bond acceptors (Lipinski definition) is 9. The summed E-state index contributed by atoms with van der Waals surface area (Å²) in [5.41, 5.74) is 1.66. The lowest BCUT2D eigenvalue weighted by Crippen LogP contribution is -2.61. The van der Waals surface area contributed by atoms with Crippen molar-refractivity contribution in [2.75, 3.05) is 24.3 Å². The zero-order valence-corrected chi connectivity index (χ0v) is 22.2. The van der Waals surface area contributed by atoms with Gasteiger partial charge in [0.15, 0.2) is 0 Å². The van der Waals surface area contributed by atoms with Crippen LogP contribution in [0.15, 0.2) is 24.7 Å². The SMILES string of the molecule is COc1ccncc1CNc1ncc(C#N)c(NC[C@]23CC4C[C@H](C2)[C@@H](NC2CCC(O)CC2)[C@@H](C4)C3)n1. The van der Waals surface area contributed by atoms with Crippen LogP contribution in [0.1, 0.15) is 68.9 Å². The number of ether oxygens (including phenoxy) is 1. The molecule has 4 N–H and O–H groups in total. The molecule has 1 unspecified atom stereocenters. The number of nitriles is 1. The minimum absolute atomic E-state index is 0.102. The van der Waals surface area contributed by atoms with Gasteiger partial charge in [-0.1, -0.05) is 0 Å². The van der Waals surface area contributed by atoms with Gasteiger partial charge in [0.2, 0.25) is 5.95 Å². The Labute approximate surface area is 224 Å². The van der Waals surface area contributed by atoms with Gasteiger partial charge in [-0.2, -0.15) is 10.2 Å². The third-order valence-corrected chi connectivity index (χ3v) is 9.58. The van der Waals surface area contributed by atoms with Gasteiger partial charge in [-0.25, -0.2) is 4.98 Å². The van der Waals surface area contributed by atoms with E-state index in [0.29, 0.717) is 36.0 Å². The third-order valence-electron chi connectivity index (χ3n) is 9.58. The summed E-state index contributed by atoms with van der Waals surface area (Å²) in [6.07, 6.45) is 15.5. The molecule has 5 fully saturated rings. The van der Waals surface area contributed by atoms with E-state index in [9.17, 15) is 10.4 Å². The zero-order valence-electron chi connectivity index (χ0n) is 22.2. The fourth-order valence-corrected chi connectivity index (χ4v) is 8.07. The van der Waals surface area contributed by atoms with E-state index in [2.05, 4.69) is 37.0 Å². The van der Waals surface area contributed by atoms with Gasteiger partial charge in [0.25, 0.3) is 0 Å². The molecule has 0 saturated heterocycles. The number of nitrogens with zero attached hydrogens (tertiary/aromatic N) is 4. The lowest BCUT2D eigenvalue weighted by Gasteiger charge is -2.61. The van der Waals surface area contributed by atoms with Crippen LogP contribution in [-0.4, -0.2) is 51.9 Å². The second-order valence-electron chi connectivity index (χ2n) is 12.1. The lowest BCUT2D eigenvalue weighted by molar-refractivity contribution is -0.0737. The molecule has 0 spiro atoms. The molecule has 9 heteroatoms. The second-order valence-corrected chi connectivity index (χ2v) is 12.1. The highest BCUT2D eigenvalue weighted by molar-refractivity contribution is 5.53. The number of aromatic nitrogens is 3. The number of pyridine rings is 1. The van der Waals surface area contributed by atoms with E-state index in [4.69, 9.17) is 4.74 Å². The van der Waals surface area contributed by atoms with Gasteiger partial charge in [-0.05, 0) is 87.0 Å². The van der Waals surface area contributed by atoms with Crippen LogP contribution in [0.25, 0.3) is 0 Å². The molecule has 4 bridgehead atoms. The Morgan fingerprint density at radius 3 is 2.63 bits per heavy atom. The number of aliphatic hydroxyl groups excluding tert-OH is 1. The Hall–Kier alpha value is -2.96. The Morgan fingerprint density at radius 1 is 1.11 bits per heavy atom. The van der Waals surface area contributed by atoms with Gasteiger partial charge in [-0.15, -0.1) is 0 Å². The largest absolute Gasteiger partial charge is 0.496 e. The van der Waals surface area contributed by atoms with E-state index in [1.165, 1.54) is 32.1 Å². The molecule has 38 heavy (non-hydrogen) atoms. The topological polar surface area (TPSA) is 128 Å². The molecule has 0 radical (unpaired) electrons. The van der Waals surface area contributed by atoms with Gasteiger partial charge >= 0.3 is 0 Å². The van der Waals surface area contributed by atoms with Crippen molar-refractivity contribution >= 4 is 11.8 Å². The molecule has 5 aliphatic rings. The fraction of sp³-hybridized carbons (Fsp3) is 0.655. The smallest absolute Gasteiger partial charge is 0.224 e. The van der Waals surface area contributed by atoms with E-state index >= 15 is 0 Å². The van der Waals surface area contributed by atoms with Crippen LogP contribution in [0.3, 0.4) is 0 Å². The Balaban J connectivity index is 1.10. The maximum atomic E-state index is 9.90. The highest BCUT2D eigenvalue weighted by atomic mass is 16.5. The molecule has 0 aromatic carbocycles. The van der Waals surface area contributed by atoms with Crippen molar-refractivity contribution in [3.05, 3.63) is 35.8 Å². The maximum absolute atomic E-state index is 9.90. The van der Waals surface area contributed by atoms with Gasteiger partial charge < -0.3 is 25.8 Å². The first kappa shape index (κ1) is 25.3. The molecule has 2 heterocycles. The van der Waals surface area contributed by atoms with Gasteiger partial charge in [0, 0.05) is 43.1 Å². The predicted octanol–water partition coefficient (Wildman–Crippen LogP) is 3.86. The van der Waals surface area contributed by atoms with E-state index in [1.807, 2.05) is 6.07 Å². The van der Waals surface area contributed by atoms with Crippen LogP contribution in [-0.2, 0) is 6.54 Å². The van der Waals surface area contributed by atoms with Crippen LogP contribution < -0.4 is 20.7 Å². The summed E-state index contributed by atoms with van der Waals surface area (Å²) < 4.78 is 5.41. The summed E-state index contributed by atoms with van der Waals surface area (Å²) in [5, 5.41) is 30.5. The van der Waals surface area contributed by atoms with Crippen molar-refractivity contribution in [3.63, 3.8) is 0 Å². The summed E-state index contributed by atoms with van der Waals surface area (Å²) in [5.74, 6) is 4.10. The molecular formula is C29H39N7O2. The van der Waals surface area contributed by atoms with Crippen molar-refractivity contribution in [1.29, 1.82) is 5.26 Å². The summed E-state index contributed by atoms with van der Waals surface area (Å²) in [6.45, 7) is 1.33. The molecule has 5 saturated carbocycles. The minimum atomic E-state index is -0.102. The molecule has 0 amide bonds. The number of nitrogens with one attached hydrogen (secondary N) is 3. The van der Waals surface area contributed by atoms with E-state index in [-0.39, 0.29) is 11.5 Å². The predicted molar refractivity (Wildman–Crippen MR) is 145 cm³/mol.